The lowest BCUT2D eigenvalue weighted by molar-refractivity contribution is 0.227. The van der Waals surface area contributed by atoms with E-state index in [0.29, 0.717) is 17.5 Å². The molecule has 2 heterocycles. The van der Waals surface area contributed by atoms with Crippen molar-refractivity contribution in [1.82, 2.24) is 20.1 Å². The molecule has 7 heteroatoms. The van der Waals surface area contributed by atoms with Gasteiger partial charge in [0.2, 0.25) is 5.82 Å². The molecule has 7 nitrogen and oxygen atoms in total. The summed E-state index contributed by atoms with van der Waals surface area (Å²) in [4.78, 5) is 12.4. The molecule has 0 saturated carbocycles. The maximum atomic E-state index is 5.43. The van der Waals surface area contributed by atoms with Gasteiger partial charge in [-0.3, -0.25) is 0 Å². The van der Waals surface area contributed by atoms with Crippen LogP contribution in [0.4, 0.5) is 0 Å². The van der Waals surface area contributed by atoms with Gasteiger partial charge in [-0.1, -0.05) is 17.3 Å². The molecule has 0 atom stereocenters. The van der Waals surface area contributed by atoms with E-state index >= 15 is 0 Å². The second kappa shape index (κ2) is 6.21. The molecule has 22 heavy (non-hydrogen) atoms. The van der Waals surface area contributed by atoms with Gasteiger partial charge in [0.1, 0.15) is 5.75 Å². The van der Waals surface area contributed by atoms with Crippen LogP contribution in [0.2, 0.25) is 0 Å². The zero-order valence-electron chi connectivity index (χ0n) is 12.2. The highest BCUT2D eigenvalue weighted by molar-refractivity contribution is 5.63. The molecule has 0 bridgehead atoms. The first-order valence-corrected chi connectivity index (χ1v) is 6.64. The lowest BCUT2D eigenvalue weighted by Gasteiger charge is -2.03. The monoisotopic (exact) mass is 298 g/mol. The molecular weight excluding hydrogens is 284 g/mol. The van der Waals surface area contributed by atoms with Gasteiger partial charge in [-0.25, -0.2) is 9.97 Å². The van der Waals surface area contributed by atoms with Crippen molar-refractivity contribution in [1.29, 1.82) is 0 Å². The van der Waals surface area contributed by atoms with Crippen molar-refractivity contribution in [2.45, 2.75) is 13.5 Å². The third kappa shape index (κ3) is 3.03. The third-order valence-corrected chi connectivity index (χ3v) is 2.91. The molecule has 0 aliphatic carbocycles. The average molecular weight is 298 g/mol. The van der Waals surface area contributed by atoms with Crippen LogP contribution < -0.4 is 9.47 Å². The van der Waals surface area contributed by atoms with E-state index < -0.39 is 0 Å². The van der Waals surface area contributed by atoms with Gasteiger partial charge in [0.05, 0.1) is 12.7 Å². The normalized spacial score (nSPS) is 10.5. The van der Waals surface area contributed by atoms with Crippen LogP contribution in [0.5, 0.6) is 11.8 Å². The first-order valence-electron chi connectivity index (χ1n) is 6.64. The second-order valence-electron chi connectivity index (χ2n) is 4.48. The molecule has 0 amide bonds. The van der Waals surface area contributed by atoms with E-state index in [9.17, 15) is 0 Å². The van der Waals surface area contributed by atoms with Crippen LogP contribution in [-0.2, 0) is 6.61 Å². The van der Waals surface area contributed by atoms with E-state index in [2.05, 4.69) is 20.1 Å². The number of methoxy groups -OCH3 is 1. The van der Waals surface area contributed by atoms with Crippen LogP contribution in [0.3, 0.4) is 0 Å². The predicted octanol–water partition coefficient (Wildman–Crippen LogP) is 2.42. The number of hydrogen-bond donors (Lipinski definition) is 0. The molecule has 1 aromatic carbocycles. The summed E-state index contributed by atoms with van der Waals surface area (Å²) < 4.78 is 15.9. The van der Waals surface area contributed by atoms with Crippen LogP contribution in [0.25, 0.3) is 11.4 Å². The Bertz CT molecular complexity index is 773. The molecule has 0 aliphatic heterocycles. The molecular formula is C15H14N4O3. The smallest absolute Gasteiger partial charge is 0.317 e. The highest BCUT2D eigenvalue weighted by Crippen LogP contribution is 2.27. The minimum absolute atomic E-state index is 0.103. The van der Waals surface area contributed by atoms with E-state index in [1.54, 1.807) is 19.4 Å². The van der Waals surface area contributed by atoms with E-state index in [1.807, 2.05) is 31.2 Å². The Morgan fingerprint density at radius 1 is 1.14 bits per heavy atom. The van der Waals surface area contributed by atoms with Crippen molar-refractivity contribution in [3.05, 3.63) is 48.1 Å². The number of para-hydroxylation sites is 1. The summed E-state index contributed by atoms with van der Waals surface area (Å²) in [5.74, 6) is 1.46. The van der Waals surface area contributed by atoms with Crippen molar-refractivity contribution in [2.24, 2.45) is 0 Å². The van der Waals surface area contributed by atoms with E-state index in [1.165, 1.54) is 0 Å². The molecule has 0 N–H and O–H groups in total. The summed E-state index contributed by atoms with van der Waals surface area (Å²) in [6.07, 6.45) is 1.63. The Morgan fingerprint density at radius 3 is 2.82 bits per heavy atom. The maximum Gasteiger partial charge on any atom is 0.317 e. The molecule has 0 spiro atoms. The van der Waals surface area contributed by atoms with Crippen molar-refractivity contribution in [3.8, 4) is 23.1 Å². The van der Waals surface area contributed by atoms with Crippen molar-refractivity contribution in [2.75, 3.05) is 7.11 Å². The number of aryl methyl sites for hydroxylation is 1. The van der Waals surface area contributed by atoms with Gasteiger partial charge < -0.3 is 14.0 Å². The number of ether oxygens (including phenoxy) is 2. The molecule has 112 valence electrons. The zero-order valence-corrected chi connectivity index (χ0v) is 12.2. The minimum Gasteiger partial charge on any atom is -0.496 e. The van der Waals surface area contributed by atoms with Crippen molar-refractivity contribution in [3.63, 3.8) is 0 Å². The Morgan fingerprint density at radius 2 is 2.00 bits per heavy atom. The summed E-state index contributed by atoms with van der Waals surface area (Å²) in [5.41, 5.74) is 1.58. The summed E-state index contributed by atoms with van der Waals surface area (Å²) in [6, 6.07) is 9.52. The number of aromatic nitrogens is 4. The van der Waals surface area contributed by atoms with Gasteiger partial charge >= 0.3 is 6.01 Å². The van der Waals surface area contributed by atoms with Crippen molar-refractivity contribution >= 4 is 0 Å². The third-order valence-electron chi connectivity index (χ3n) is 2.91. The SMILES string of the molecule is COc1ccccc1-c1noc(COc2nccc(C)n2)n1. The lowest BCUT2D eigenvalue weighted by atomic mass is 10.2. The fourth-order valence-electron chi connectivity index (χ4n) is 1.87. The van der Waals surface area contributed by atoms with E-state index in [0.717, 1.165) is 11.3 Å². The van der Waals surface area contributed by atoms with Crippen LogP contribution in [0, 0.1) is 6.92 Å². The minimum atomic E-state index is 0.103. The van der Waals surface area contributed by atoms with Gasteiger partial charge in [0.25, 0.3) is 5.89 Å². The van der Waals surface area contributed by atoms with Gasteiger partial charge in [-0.15, -0.1) is 0 Å². The van der Waals surface area contributed by atoms with Gasteiger partial charge in [-0.05, 0) is 25.1 Å². The number of benzene rings is 1. The fraction of sp³-hybridized carbons (Fsp3) is 0.200. The predicted molar refractivity (Wildman–Crippen MR) is 77.4 cm³/mol. The van der Waals surface area contributed by atoms with Crippen LogP contribution in [-0.4, -0.2) is 27.2 Å². The van der Waals surface area contributed by atoms with E-state index in [4.69, 9.17) is 14.0 Å². The topological polar surface area (TPSA) is 83.2 Å². The van der Waals surface area contributed by atoms with Crippen LogP contribution in [0.15, 0.2) is 41.1 Å². The Labute approximate surface area is 126 Å². The molecule has 0 aliphatic rings. The molecule has 0 saturated heterocycles. The summed E-state index contributed by atoms with van der Waals surface area (Å²) >= 11 is 0. The molecule has 0 fully saturated rings. The lowest BCUT2D eigenvalue weighted by Crippen LogP contribution is -2.00. The quantitative estimate of drug-likeness (QED) is 0.715. The largest absolute Gasteiger partial charge is 0.496 e. The Hall–Kier alpha value is -2.96. The number of hydrogen-bond acceptors (Lipinski definition) is 7. The van der Waals surface area contributed by atoms with Crippen LogP contribution >= 0.6 is 0 Å². The average Bonchev–Trinajstić information content (AvgIpc) is 3.02. The van der Waals surface area contributed by atoms with Crippen LogP contribution in [0.1, 0.15) is 11.6 Å². The summed E-state index contributed by atoms with van der Waals surface area (Å²) in [5, 5.41) is 3.94. The first-order chi connectivity index (χ1) is 10.8. The zero-order chi connectivity index (χ0) is 15.4. The Balaban J connectivity index is 1.74. The summed E-state index contributed by atoms with van der Waals surface area (Å²) in [6.45, 7) is 1.96. The molecule has 3 aromatic rings. The number of rotatable bonds is 5. The first kappa shape index (κ1) is 14.0. The van der Waals surface area contributed by atoms with Gasteiger partial charge in [-0.2, -0.15) is 4.98 Å². The highest BCUT2D eigenvalue weighted by atomic mass is 16.5. The van der Waals surface area contributed by atoms with E-state index in [-0.39, 0.29) is 12.6 Å². The second-order valence-corrected chi connectivity index (χ2v) is 4.48. The fourth-order valence-corrected chi connectivity index (χ4v) is 1.87. The number of nitrogens with zero attached hydrogens (tertiary/aromatic N) is 4. The molecule has 2 aromatic heterocycles. The standard InChI is InChI=1S/C15H14N4O3/c1-10-7-8-16-15(17-10)21-9-13-18-14(19-22-13)11-5-3-4-6-12(11)20-2/h3-8H,9H2,1-2H3. The van der Waals surface area contributed by atoms with Gasteiger partial charge in [0.15, 0.2) is 6.61 Å². The maximum absolute atomic E-state index is 5.43. The molecule has 3 rings (SSSR count). The van der Waals surface area contributed by atoms with Gasteiger partial charge in [0, 0.05) is 11.9 Å². The molecule has 0 radical (unpaired) electrons. The Kier molecular flexibility index (Phi) is 3.95. The van der Waals surface area contributed by atoms with Crippen molar-refractivity contribution < 1.29 is 14.0 Å². The molecule has 0 unspecified atom stereocenters. The highest BCUT2D eigenvalue weighted by Gasteiger charge is 2.13. The summed E-state index contributed by atoms with van der Waals surface area (Å²) in [7, 11) is 1.60.